The van der Waals surface area contributed by atoms with Gasteiger partial charge in [0.1, 0.15) is 24.4 Å². The molecule has 0 saturated carbocycles. The van der Waals surface area contributed by atoms with Crippen LogP contribution < -0.4 is 10.1 Å². The van der Waals surface area contributed by atoms with Crippen molar-refractivity contribution in [2.24, 2.45) is 5.92 Å². The van der Waals surface area contributed by atoms with Crippen molar-refractivity contribution >= 4 is 17.9 Å². The zero-order valence-corrected chi connectivity index (χ0v) is 14.1. The fraction of sp³-hybridized carbons (Fsp3) is 0.471. The molecule has 1 aliphatic heterocycles. The Morgan fingerprint density at radius 2 is 1.96 bits per heavy atom. The maximum atomic E-state index is 12.7. The predicted molar refractivity (Wildman–Crippen MR) is 88.0 cm³/mol. The van der Waals surface area contributed by atoms with Gasteiger partial charge in [-0.1, -0.05) is 32.4 Å². The SMILES string of the molecule is CC[C@H](C)[C@@H](C(=O)O)N1C(=O)NC(c2ccc(OCCO)cc2)C1=O. The lowest BCUT2D eigenvalue weighted by Crippen LogP contribution is -2.48. The van der Waals surface area contributed by atoms with Gasteiger partial charge in [0.2, 0.25) is 0 Å². The number of hydrogen-bond acceptors (Lipinski definition) is 5. The number of amides is 3. The number of rotatable bonds is 8. The summed E-state index contributed by atoms with van der Waals surface area (Å²) in [6, 6.07) is 3.66. The Morgan fingerprint density at radius 1 is 1.32 bits per heavy atom. The first-order valence-electron chi connectivity index (χ1n) is 8.10. The number of benzene rings is 1. The number of imide groups is 1. The topological polar surface area (TPSA) is 116 Å². The summed E-state index contributed by atoms with van der Waals surface area (Å²) in [4.78, 5) is 37.2. The molecule has 1 heterocycles. The molecule has 0 spiro atoms. The third-order valence-electron chi connectivity index (χ3n) is 4.26. The van der Waals surface area contributed by atoms with Gasteiger partial charge >= 0.3 is 12.0 Å². The molecular formula is C17H22N2O6. The Hall–Kier alpha value is -2.61. The lowest BCUT2D eigenvalue weighted by molar-refractivity contribution is -0.148. The van der Waals surface area contributed by atoms with Gasteiger partial charge in [-0.25, -0.2) is 14.5 Å². The molecule has 2 rings (SSSR count). The standard InChI is InChI=1S/C17H22N2O6/c1-3-10(2)14(16(22)23)19-15(21)13(18-17(19)24)11-4-6-12(7-5-11)25-9-8-20/h4-7,10,13-14,20H,3,8-9H2,1-2H3,(H,18,24)(H,22,23)/t10-,13?,14-/m0/s1. The molecule has 0 aliphatic carbocycles. The van der Waals surface area contributed by atoms with E-state index >= 15 is 0 Å². The van der Waals surface area contributed by atoms with Crippen LogP contribution in [0.1, 0.15) is 31.9 Å². The van der Waals surface area contributed by atoms with Gasteiger partial charge in [-0.15, -0.1) is 0 Å². The minimum absolute atomic E-state index is 0.111. The van der Waals surface area contributed by atoms with E-state index in [1.165, 1.54) is 0 Å². The summed E-state index contributed by atoms with van der Waals surface area (Å²) in [6.07, 6.45) is 0.523. The van der Waals surface area contributed by atoms with Crippen molar-refractivity contribution in [1.29, 1.82) is 0 Å². The first-order chi connectivity index (χ1) is 11.9. The van der Waals surface area contributed by atoms with Crippen molar-refractivity contribution in [3.05, 3.63) is 29.8 Å². The molecule has 25 heavy (non-hydrogen) atoms. The highest BCUT2D eigenvalue weighted by Crippen LogP contribution is 2.28. The van der Waals surface area contributed by atoms with E-state index in [9.17, 15) is 19.5 Å². The number of nitrogens with zero attached hydrogens (tertiary/aromatic N) is 1. The quantitative estimate of drug-likeness (QED) is 0.606. The molecule has 8 nitrogen and oxygen atoms in total. The van der Waals surface area contributed by atoms with E-state index in [1.54, 1.807) is 31.2 Å². The molecule has 3 amide bonds. The third-order valence-corrected chi connectivity index (χ3v) is 4.26. The molecule has 0 bridgehead atoms. The number of hydrogen-bond donors (Lipinski definition) is 3. The number of carbonyl (C=O) groups excluding carboxylic acids is 2. The number of urea groups is 1. The second-order valence-electron chi connectivity index (χ2n) is 5.90. The van der Waals surface area contributed by atoms with Crippen molar-refractivity contribution < 1.29 is 29.3 Å². The summed E-state index contributed by atoms with van der Waals surface area (Å²) in [5, 5.41) is 20.7. The van der Waals surface area contributed by atoms with Crippen LogP contribution in [0.15, 0.2) is 24.3 Å². The Morgan fingerprint density at radius 3 is 2.48 bits per heavy atom. The van der Waals surface area contributed by atoms with E-state index in [2.05, 4.69) is 5.32 Å². The van der Waals surface area contributed by atoms with Gasteiger partial charge in [0.25, 0.3) is 5.91 Å². The van der Waals surface area contributed by atoms with Gasteiger partial charge < -0.3 is 20.3 Å². The molecular weight excluding hydrogens is 328 g/mol. The molecule has 3 N–H and O–H groups in total. The van der Waals surface area contributed by atoms with Crippen molar-refractivity contribution in [1.82, 2.24) is 10.2 Å². The monoisotopic (exact) mass is 350 g/mol. The molecule has 8 heteroatoms. The van der Waals surface area contributed by atoms with Crippen molar-refractivity contribution in [3.8, 4) is 5.75 Å². The third kappa shape index (κ3) is 3.90. The van der Waals surface area contributed by atoms with Gasteiger partial charge in [0, 0.05) is 0 Å². The van der Waals surface area contributed by atoms with Gasteiger partial charge in [-0.2, -0.15) is 0 Å². The van der Waals surface area contributed by atoms with Gasteiger partial charge in [0.05, 0.1) is 6.61 Å². The summed E-state index contributed by atoms with van der Waals surface area (Å²) in [5.74, 6) is -1.62. The Bertz CT molecular complexity index is 645. The number of aliphatic hydroxyl groups excluding tert-OH is 1. The molecule has 136 valence electrons. The van der Waals surface area contributed by atoms with Crippen LogP contribution in [0.2, 0.25) is 0 Å². The summed E-state index contributed by atoms with van der Waals surface area (Å²) in [5.41, 5.74) is 0.533. The molecule has 1 fully saturated rings. The van der Waals surface area contributed by atoms with Crippen LogP contribution in [0.5, 0.6) is 5.75 Å². The van der Waals surface area contributed by atoms with Crippen molar-refractivity contribution in [2.45, 2.75) is 32.4 Å². The number of aliphatic hydroxyl groups is 1. The highest BCUT2D eigenvalue weighted by Gasteiger charge is 2.46. The predicted octanol–water partition coefficient (Wildman–Crippen LogP) is 1.15. The molecule has 1 aromatic rings. The van der Waals surface area contributed by atoms with E-state index in [0.717, 1.165) is 4.90 Å². The van der Waals surface area contributed by atoms with Crippen LogP contribution in [0.25, 0.3) is 0 Å². The normalized spacial score (nSPS) is 19.5. The van der Waals surface area contributed by atoms with E-state index in [4.69, 9.17) is 9.84 Å². The fourth-order valence-corrected chi connectivity index (χ4v) is 2.73. The molecule has 3 atom stereocenters. The number of aliphatic carboxylic acids is 1. The fourth-order valence-electron chi connectivity index (χ4n) is 2.73. The highest BCUT2D eigenvalue weighted by molar-refractivity contribution is 6.07. The first-order valence-corrected chi connectivity index (χ1v) is 8.10. The molecule has 0 radical (unpaired) electrons. The van der Waals surface area contributed by atoms with Crippen LogP contribution in [0.4, 0.5) is 4.79 Å². The van der Waals surface area contributed by atoms with Gasteiger partial charge in [-0.3, -0.25) is 4.79 Å². The minimum atomic E-state index is -1.20. The van der Waals surface area contributed by atoms with E-state index in [1.807, 2.05) is 6.92 Å². The number of carboxylic acid groups (broad SMARTS) is 1. The maximum Gasteiger partial charge on any atom is 0.327 e. The van der Waals surface area contributed by atoms with E-state index in [0.29, 0.717) is 17.7 Å². The molecule has 1 saturated heterocycles. The second kappa shape index (κ2) is 7.98. The Balaban J connectivity index is 2.21. The second-order valence-corrected chi connectivity index (χ2v) is 5.90. The van der Waals surface area contributed by atoms with Crippen molar-refractivity contribution in [3.63, 3.8) is 0 Å². The Labute approximate surface area is 145 Å². The Kier molecular flexibility index (Phi) is 5.97. The van der Waals surface area contributed by atoms with Gasteiger partial charge in [-0.05, 0) is 23.6 Å². The summed E-state index contributed by atoms with van der Waals surface area (Å²) >= 11 is 0. The number of ether oxygens (including phenoxy) is 1. The average molecular weight is 350 g/mol. The highest BCUT2D eigenvalue weighted by atomic mass is 16.5. The van der Waals surface area contributed by atoms with Crippen LogP contribution in [-0.2, 0) is 9.59 Å². The van der Waals surface area contributed by atoms with Crippen LogP contribution in [0.3, 0.4) is 0 Å². The number of nitrogens with one attached hydrogen (secondary N) is 1. The molecule has 1 aliphatic rings. The molecule has 0 aromatic heterocycles. The maximum absolute atomic E-state index is 12.7. The first kappa shape index (κ1) is 18.7. The van der Waals surface area contributed by atoms with Crippen LogP contribution in [0, 0.1) is 5.92 Å². The zero-order chi connectivity index (χ0) is 18.6. The average Bonchev–Trinajstić information content (AvgIpc) is 2.88. The zero-order valence-electron chi connectivity index (χ0n) is 14.1. The summed E-state index contributed by atoms with van der Waals surface area (Å²) in [7, 11) is 0. The smallest absolute Gasteiger partial charge is 0.327 e. The number of carboxylic acids is 1. The van der Waals surface area contributed by atoms with Crippen LogP contribution >= 0.6 is 0 Å². The molecule has 1 aromatic carbocycles. The summed E-state index contributed by atoms with van der Waals surface area (Å²) in [6.45, 7) is 3.54. The molecule has 1 unspecified atom stereocenters. The number of carbonyl (C=O) groups is 3. The van der Waals surface area contributed by atoms with E-state index in [-0.39, 0.29) is 19.1 Å². The van der Waals surface area contributed by atoms with Crippen molar-refractivity contribution in [2.75, 3.05) is 13.2 Å². The lowest BCUT2D eigenvalue weighted by Gasteiger charge is -2.26. The van der Waals surface area contributed by atoms with Crippen LogP contribution in [-0.4, -0.2) is 52.3 Å². The van der Waals surface area contributed by atoms with E-state index < -0.39 is 30.0 Å². The summed E-state index contributed by atoms with van der Waals surface area (Å²) < 4.78 is 5.25. The largest absolute Gasteiger partial charge is 0.491 e. The minimum Gasteiger partial charge on any atom is -0.491 e. The lowest BCUT2D eigenvalue weighted by atomic mass is 9.97. The van der Waals surface area contributed by atoms with Gasteiger partial charge in [0.15, 0.2) is 0 Å².